The van der Waals surface area contributed by atoms with E-state index in [1.807, 2.05) is 12.1 Å². The molecule has 1 fully saturated rings. The fourth-order valence-electron chi connectivity index (χ4n) is 1.59. The van der Waals surface area contributed by atoms with Gasteiger partial charge in [-0.25, -0.2) is 0 Å². The fourth-order valence-corrected chi connectivity index (χ4v) is 2.40. The molecule has 1 aliphatic heterocycles. The second-order valence-electron chi connectivity index (χ2n) is 4.60. The van der Waals surface area contributed by atoms with Gasteiger partial charge in [0.25, 0.3) is 0 Å². The van der Waals surface area contributed by atoms with Gasteiger partial charge in [-0.3, -0.25) is 0 Å². The lowest BCUT2D eigenvalue weighted by molar-refractivity contribution is 0.0823. The number of benzene rings is 1. The molecule has 1 aliphatic rings. The minimum atomic E-state index is 0.175. The number of hydrogen-bond acceptors (Lipinski definition) is 3. The van der Waals surface area contributed by atoms with Gasteiger partial charge < -0.3 is 13.9 Å². The minimum Gasteiger partial charge on any atom is -0.538 e. The Balaban J connectivity index is 1.82. The summed E-state index contributed by atoms with van der Waals surface area (Å²) in [5.74, 6) is 0.970. The number of epoxide rings is 1. The van der Waals surface area contributed by atoms with Crippen LogP contribution in [-0.2, 0) is 9.47 Å². The summed E-state index contributed by atoms with van der Waals surface area (Å²) in [6.07, 6.45) is 1.29. The molecule has 0 aromatic heterocycles. The first-order valence-electron chi connectivity index (χ1n) is 6.42. The Morgan fingerprint density at radius 3 is 2.89 bits per heavy atom. The average Bonchev–Trinajstić information content (AvgIpc) is 3.18. The molecule has 18 heavy (non-hydrogen) atoms. The Morgan fingerprint density at radius 1 is 1.44 bits per heavy atom. The Bertz CT molecular complexity index is 391. The van der Waals surface area contributed by atoms with Crippen molar-refractivity contribution in [1.29, 1.82) is 0 Å². The van der Waals surface area contributed by atoms with Gasteiger partial charge in [0.2, 0.25) is 0 Å². The largest absolute Gasteiger partial charge is 0.538 e. The SMILES string of the molecule is CCC(OCC1CO1)[Si]Oc1cccc(C)c1C. The minimum absolute atomic E-state index is 0.175. The number of rotatable bonds is 7. The van der Waals surface area contributed by atoms with Gasteiger partial charge in [0, 0.05) is 0 Å². The van der Waals surface area contributed by atoms with Crippen molar-refractivity contribution in [2.75, 3.05) is 13.2 Å². The molecule has 1 heterocycles. The molecule has 1 aromatic rings. The zero-order valence-electron chi connectivity index (χ0n) is 11.2. The predicted molar refractivity (Wildman–Crippen MR) is 72.1 cm³/mol. The first-order valence-corrected chi connectivity index (χ1v) is 7.41. The van der Waals surface area contributed by atoms with Crippen LogP contribution >= 0.6 is 0 Å². The monoisotopic (exact) mass is 264 g/mol. The maximum atomic E-state index is 5.89. The maximum absolute atomic E-state index is 5.89. The molecule has 2 unspecified atom stereocenters. The number of hydrogen-bond donors (Lipinski definition) is 0. The summed E-state index contributed by atoms with van der Waals surface area (Å²) in [6, 6.07) is 6.15. The van der Waals surface area contributed by atoms with Crippen LogP contribution in [0.1, 0.15) is 24.5 Å². The molecule has 98 valence electrons. The summed E-state index contributed by atoms with van der Waals surface area (Å²) in [5.41, 5.74) is 2.65. The van der Waals surface area contributed by atoms with Crippen LogP contribution < -0.4 is 4.43 Å². The van der Waals surface area contributed by atoms with E-state index in [0.29, 0.717) is 22.5 Å². The van der Waals surface area contributed by atoms with E-state index in [1.165, 1.54) is 11.1 Å². The molecule has 0 saturated carbocycles. The molecule has 0 bridgehead atoms. The van der Waals surface area contributed by atoms with E-state index in [4.69, 9.17) is 13.9 Å². The highest BCUT2D eigenvalue weighted by Crippen LogP contribution is 2.20. The van der Waals surface area contributed by atoms with Gasteiger partial charge in [-0.15, -0.1) is 0 Å². The zero-order valence-corrected chi connectivity index (χ0v) is 12.2. The van der Waals surface area contributed by atoms with Crippen LogP contribution in [-0.4, -0.2) is 34.8 Å². The van der Waals surface area contributed by atoms with Crippen LogP contribution in [0.25, 0.3) is 0 Å². The molecule has 0 aliphatic carbocycles. The first kappa shape index (κ1) is 13.6. The Labute approximate surface area is 111 Å². The fraction of sp³-hybridized carbons (Fsp3) is 0.571. The zero-order chi connectivity index (χ0) is 13.0. The van der Waals surface area contributed by atoms with Crippen molar-refractivity contribution in [2.24, 2.45) is 0 Å². The topological polar surface area (TPSA) is 31.0 Å². The van der Waals surface area contributed by atoms with E-state index in [-0.39, 0.29) is 5.73 Å². The average molecular weight is 264 g/mol. The molecule has 2 radical (unpaired) electrons. The lowest BCUT2D eigenvalue weighted by Crippen LogP contribution is -2.26. The highest BCUT2D eigenvalue weighted by Gasteiger charge is 2.24. The highest BCUT2D eigenvalue weighted by atomic mass is 28.2. The molecule has 1 aromatic carbocycles. The van der Waals surface area contributed by atoms with Crippen LogP contribution in [0, 0.1) is 13.8 Å². The summed E-state index contributed by atoms with van der Waals surface area (Å²) in [6.45, 7) is 7.86. The Morgan fingerprint density at radius 2 is 2.22 bits per heavy atom. The third kappa shape index (κ3) is 3.83. The highest BCUT2D eigenvalue weighted by molar-refractivity contribution is 6.30. The van der Waals surface area contributed by atoms with Gasteiger partial charge in [-0.05, 0) is 37.5 Å². The van der Waals surface area contributed by atoms with Crippen LogP contribution in [0.4, 0.5) is 0 Å². The van der Waals surface area contributed by atoms with Crippen LogP contribution in [0.3, 0.4) is 0 Å². The predicted octanol–water partition coefficient (Wildman–Crippen LogP) is 2.45. The molecule has 2 atom stereocenters. The molecule has 0 spiro atoms. The van der Waals surface area contributed by atoms with Gasteiger partial charge in [0.1, 0.15) is 11.9 Å². The molecule has 0 N–H and O–H groups in total. The molecule has 4 heteroatoms. The van der Waals surface area contributed by atoms with Gasteiger partial charge in [0.15, 0.2) is 0 Å². The number of aryl methyl sites for hydroxylation is 1. The summed E-state index contributed by atoms with van der Waals surface area (Å²) < 4.78 is 16.8. The molecular weight excluding hydrogens is 244 g/mol. The summed E-state index contributed by atoms with van der Waals surface area (Å²) in [7, 11) is 0.343. The van der Waals surface area contributed by atoms with Crippen molar-refractivity contribution in [2.45, 2.75) is 39.0 Å². The van der Waals surface area contributed by atoms with Gasteiger partial charge in [-0.2, -0.15) is 0 Å². The van der Waals surface area contributed by atoms with E-state index >= 15 is 0 Å². The van der Waals surface area contributed by atoms with Gasteiger partial charge in [0.05, 0.1) is 18.9 Å². The second kappa shape index (κ2) is 6.36. The lowest BCUT2D eigenvalue weighted by Gasteiger charge is -2.16. The lowest BCUT2D eigenvalue weighted by atomic mass is 10.1. The van der Waals surface area contributed by atoms with Crippen molar-refractivity contribution in [3.05, 3.63) is 29.3 Å². The van der Waals surface area contributed by atoms with Crippen molar-refractivity contribution in [3.63, 3.8) is 0 Å². The van der Waals surface area contributed by atoms with E-state index in [9.17, 15) is 0 Å². The smallest absolute Gasteiger partial charge is 0.342 e. The van der Waals surface area contributed by atoms with Crippen molar-refractivity contribution >= 4 is 9.76 Å². The molecule has 1 saturated heterocycles. The van der Waals surface area contributed by atoms with E-state index in [0.717, 1.165) is 18.8 Å². The number of ether oxygens (including phenoxy) is 2. The van der Waals surface area contributed by atoms with Gasteiger partial charge >= 0.3 is 9.76 Å². The van der Waals surface area contributed by atoms with Crippen molar-refractivity contribution < 1.29 is 13.9 Å². The summed E-state index contributed by atoms with van der Waals surface area (Å²) in [4.78, 5) is 0. The molecule has 0 amide bonds. The van der Waals surface area contributed by atoms with E-state index in [1.54, 1.807) is 0 Å². The first-order chi connectivity index (χ1) is 8.70. The van der Waals surface area contributed by atoms with E-state index < -0.39 is 0 Å². The Kier molecular flexibility index (Phi) is 4.80. The molecular formula is C14H20O3Si. The second-order valence-corrected chi connectivity index (χ2v) is 5.69. The van der Waals surface area contributed by atoms with Crippen LogP contribution in [0.5, 0.6) is 5.75 Å². The van der Waals surface area contributed by atoms with Gasteiger partial charge in [-0.1, -0.05) is 19.1 Å². The van der Waals surface area contributed by atoms with Crippen molar-refractivity contribution in [3.8, 4) is 5.75 Å². The van der Waals surface area contributed by atoms with Crippen molar-refractivity contribution in [1.82, 2.24) is 0 Å². The third-order valence-corrected chi connectivity index (χ3v) is 4.29. The standard InChI is InChI=1S/C14H20O3Si/c1-4-14(16-9-12-8-15-12)18-17-13-7-5-6-10(2)11(13)3/h5-7,12,14H,4,8-9H2,1-3H3. The van der Waals surface area contributed by atoms with Crippen LogP contribution in [0.2, 0.25) is 0 Å². The summed E-state index contributed by atoms with van der Waals surface area (Å²) in [5, 5.41) is 0. The normalized spacial score (nSPS) is 19.6. The quantitative estimate of drug-likeness (QED) is 0.560. The molecule has 2 rings (SSSR count). The summed E-state index contributed by atoms with van der Waals surface area (Å²) >= 11 is 0. The van der Waals surface area contributed by atoms with Crippen LogP contribution in [0.15, 0.2) is 18.2 Å². The molecule has 3 nitrogen and oxygen atoms in total. The third-order valence-electron chi connectivity index (χ3n) is 3.11. The maximum Gasteiger partial charge on any atom is 0.342 e. The Hall–Kier alpha value is -0.843. The van der Waals surface area contributed by atoms with E-state index in [2.05, 4.69) is 26.8 Å².